The monoisotopic (exact) mass is 274 g/mol. The summed E-state index contributed by atoms with van der Waals surface area (Å²) in [6.45, 7) is 10.2. The van der Waals surface area contributed by atoms with E-state index < -0.39 is 0 Å². The average molecular weight is 274 g/mol. The minimum Gasteiger partial charge on any atom is -0.379 e. The Morgan fingerprint density at radius 3 is 2.55 bits per heavy atom. The van der Waals surface area contributed by atoms with E-state index in [1.807, 2.05) is 0 Å². The van der Waals surface area contributed by atoms with Gasteiger partial charge >= 0.3 is 0 Å². The molecule has 1 aromatic carbocycles. The van der Waals surface area contributed by atoms with Crippen molar-refractivity contribution in [3.63, 3.8) is 0 Å². The van der Waals surface area contributed by atoms with Crippen LogP contribution in [0.2, 0.25) is 0 Å². The third-order valence-electron chi connectivity index (χ3n) is 4.75. The van der Waals surface area contributed by atoms with Crippen molar-refractivity contribution < 1.29 is 4.74 Å². The number of benzene rings is 1. The molecule has 110 valence electrons. The Morgan fingerprint density at radius 2 is 1.85 bits per heavy atom. The minimum atomic E-state index is 0.665. The molecular formula is C17H26N2O. The normalized spacial score (nSPS) is 23.4. The zero-order valence-corrected chi connectivity index (χ0v) is 12.5. The van der Waals surface area contributed by atoms with Crippen molar-refractivity contribution in [1.82, 2.24) is 9.80 Å². The molecule has 0 aliphatic carbocycles. The Balaban J connectivity index is 1.36. The molecule has 0 aromatic heterocycles. The second kappa shape index (κ2) is 6.70. The van der Waals surface area contributed by atoms with Crippen LogP contribution in [0.4, 0.5) is 0 Å². The highest BCUT2D eigenvalue weighted by Crippen LogP contribution is 2.22. The van der Waals surface area contributed by atoms with Crippen molar-refractivity contribution in [2.24, 2.45) is 0 Å². The van der Waals surface area contributed by atoms with E-state index in [0.29, 0.717) is 5.92 Å². The van der Waals surface area contributed by atoms with E-state index in [9.17, 15) is 0 Å². The maximum atomic E-state index is 5.42. The van der Waals surface area contributed by atoms with E-state index >= 15 is 0 Å². The van der Waals surface area contributed by atoms with E-state index in [2.05, 4.69) is 47.1 Å². The third-order valence-corrected chi connectivity index (χ3v) is 4.75. The Bertz CT molecular complexity index is 397. The fourth-order valence-corrected chi connectivity index (χ4v) is 3.22. The van der Waals surface area contributed by atoms with Crippen molar-refractivity contribution in [3.05, 3.63) is 35.9 Å². The molecule has 0 unspecified atom stereocenters. The summed E-state index contributed by atoms with van der Waals surface area (Å²) in [6.07, 6.45) is 1.26. The summed E-state index contributed by atoms with van der Waals surface area (Å²) in [6, 6.07) is 11.7. The molecule has 2 heterocycles. The van der Waals surface area contributed by atoms with Crippen molar-refractivity contribution in [2.75, 3.05) is 45.9 Å². The summed E-state index contributed by atoms with van der Waals surface area (Å²) < 4.78 is 5.42. The topological polar surface area (TPSA) is 15.7 Å². The fourth-order valence-electron chi connectivity index (χ4n) is 3.22. The Morgan fingerprint density at radius 1 is 1.15 bits per heavy atom. The highest BCUT2D eigenvalue weighted by Gasteiger charge is 2.32. The molecule has 3 heteroatoms. The number of likely N-dealkylation sites (tertiary alicyclic amines) is 1. The van der Waals surface area contributed by atoms with Crippen molar-refractivity contribution in [2.45, 2.75) is 25.3 Å². The predicted molar refractivity (Wildman–Crippen MR) is 82.1 cm³/mol. The van der Waals surface area contributed by atoms with Crippen molar-refractivity contribution in [3.8, 4) is 0 Å². The van der Waals surface area contributed by atoms with Gasteiger partial charge < -0.3 is 9.64 Å². The average Bonchev–Trinajstić information content (AvgIpc) is 2.47. The zero-order chi connectivity index (χ0) is 13.8. The standard InChI is InChI=1S/C17H26N2O/c1-15(16-5-3-2-4-6-16)7-8-18-13-17(14-18)19-9-11-20-12-10-19/h2-6,15,17H,7-14H2,1H3/t15-/m1/s1. The molecule has 0 N–H and O–H groups in total. The maximum absolute atomic E-state index is 5.42. The number of nitrogens with zero attached hydrogens (tertiary/aromatic N) is 2. The van der Waals surface area contributed by atoms with Crippen LogP contribution in [0.1, 0.15) is 24.8 Å². The highest BCUT2D eigenvalue weighted by atomic mass is 16.5. The third kappa shape index (κ3) is 3.40. The molecule has 1 aromatic rings. The van der Waals surface area contributed by atoms with Gasteiger partial charge in [0.15, 0.2) is 0 Å². The number of hydrogen-bond acceptors (Lipinski definition) is 3. The Labute approximate surface area is 122 Å². The van der Waals surface area contributed by atoms with E-state index in [-0.39, 0.29) is 0 Å². The van der Waals surface area contributed by atoms with Crippen LogP contribution in [0, 0.1) is 0 Å². The van der Waals surface area contributed by atoms with Gasteiger partial charge in [-0.3, -0.25) is 4.90 Å². The first-order valence-electron chi connectivity index (χ1n) is 7.92. The van der Waals surface area contributed by atoms with Crippen LogP contribution in [0.5, 0.6) is 0 Å². The molecule has 0 bridgehead atoms. The summed E-state index contributed by atoms with van der Waals surface area (Å²) in [7, 11) is 0. The lowest BCUT2D eigenvalue weighted by atomic mass is 9.96. The first-order valence-corrected chi connectivity index (χ1v) is 7.92. The molecule has 0 amide bonds. The molecular weight excluding hydrogens is 248 g/mol. The van der Waals surface area contributed by atoms with Gasteiger partial charge in [-0.15, -0.1) is 0 Å². The maximum Gasteiger partial charge on any atom is 0.0594 e. The molecule has 0 radical (unpaired) electrons. The summed E-state index contributed by atoms with van der Waals surface area (Å²) >= 11 is 0. The van der Waals surface area contributed by atoms with Gasteiger partial charge in [0.1, 0.15) is 0 Å². The molecule has 1 atom stereocenters. The lowest BCUT2D eigenvalue weighted by molar-refractivity contribution is -0.0324. The van der Waals surface area contributed by atoms with Crippen LogP contribution in [0.25, 0.3) is 0 Å². The van der Waals surface area contributed by atoms with Crippen LogP contribution in [-0.2, 0) is 4.74 Å². The van der Waals surface area contributed by atoms with Crippen LogP contribution >= 0.6 is 0 Å². The molecule has 2 aliphatic heterocycles. The molecule has 0 spiro atoms. The van der Waals surface area contributed by atoms with Gasteiger partial charge in [0, 0.05) is 32.2 Å². The summed E-state index contributed by atoms with van der Waals surface area (Å²) in [5.74, 6) is 0.665. The summed E-state index contributed by atoms with van der Waals surface area (Å²) in [4.78, 5) is 5.19. The highest BCUT2D eigenvalue weighted by molar-refractivity contribution is 5.18. The van der Waals surface area contributed by atoms with Gasteiger partial charge in [0.05, 0.1) is 13.2 Å². The quantitative estimate of drug-likeness (QED) is 0.818. The largest absolute Gasteiger partial charge is 0.379 e. The van der Waals surface area contributed by atoms with E-state index in [0.717, 1.165) is 32.3 Å². The molecule has 2 saturated heterocycles. The molecule has 3 rings (SSSR count). The lowest BCUT2D eigenvalue weighted by Gasteiger charge is -2.47. The number of hydrogen-bond donors (Lipinski definition) is 0. The zero-order valence-electron chi connectivity index (χ0n) is 12.5. The van der Waals surface area contributed by atoms with Gasteiger partial charge in [-0.2, -0.15) is 0 Å². The van der Waals surface area contributed by atoms with Crippen LogP contribution in [0.3, 0.4) is 0 Å². The summed E-state index contributed by atoms with van der Waals surface area (Å²) in [5, 5.41) is 0. The predicted octanol–water partition coefficient (Wildman–Crippen LogP) is 2.20. The number of ether oxygens (including phenoxy) is 1. The fraction of sp³-hybridized carbons (Fsp3) is 0.647. The van der Waals surface area contributed by atoms with Crippen molar-refractivity contribution >= 4 is 0 Å². The summed E-state index contributed by atoms with van der Waals surface area (Å²) in [5.41, 5.74) is 1.47. The molecule has 20 heavy (non-hydrogen) atoms. The van der Waals surface area contributed by atoms with Crippen LogP contribution in [0.15, 0.2) is 30.3 Å². The Hall–Kier alpha value is -0.900. The number of rotatable bonds is 5. The smallest absolute Gasteiger partial charge is 0.0594 e. The van der Waals surface area contributed by atoms with Gasteiger partial charge in [-0.05, 0) is 24.4 Å². The van der Waals surface area contributed by atoms with Gasteiger partial charge in [-0.1, -0.05) is 37.3 Å². The van der Waals surface area contributed by atoms with Gasteiger partial charge in [-0.25, -0.2) is 0 Å². The molecule has 3 nitrogen and oxygen atoms in total. The lowest BCUT2D eigenvalue weighted by Crippen LogP contribution is -2.61. The van der Waals surface area contributed by atoms with Gasteiger partial charge in [0.25, 0.3) is 0 Å². The first-order chi connectivity index (χ1) is 9.83. The van der Waals surface area contributed by atoms with Gasteiger partial charge in [0.2, 0.25) is 0 Å². The molecule has 0 saturated carbocycles. The van der Waals surface area contributed by atoms with Crippen LogP contribution < -0.4 is 0 Å². The molecule has 2 aliphatic rings. The number of morpholine rings is 1. The van der Waals surface area contributed by atoms with E-state index in [1.165, 1.54) is 31.6 Å². The van der Waals surface area contributed by atoms with E-state index in [4.69, 9.17) is 4.74 Å². The second-order valence-electron chi connectivity index (χ2n) is 6.16. The first kappa shape index (κ1) is 14.1. The SMILES string of the molecule is C[C@H](CCN1CC(N2CCOCC2)C1)c1ccccc1. The van der Waals surface area contributed by atoms with Crippen molar-refractivity contribution in [1.29, 1.82) is 0 Å². The van der Waals surface area contributed by atoms with Crippen LogP contribution in [-0.4, -0.2) is 61.8 Å². The Kier molecular flexibility index (Phi) is 4.71. The second-order valence-corrected chi connectivity index (χ2v) is 6.16. The molecule has 2 fully saturated rings. The van der Waals surface area contributed by atoms with E-state index in [1.54, 1.807) is 0 Å². The minimum absolute atomic E-state index is 0.665.